The van der Waals surface area contributed by atoms with Gasteiger partial charge in [-0.3, -0.25) is 24.3 Å². The summed E-state index contributed by atoms with van der Waals surface area (Å²) in [6, 6.07) is 4.55. The third-order valence-corrected chi connectivity index (χ3v) is 7.23. The quantitative estimate of drug-likeness (QED) is 0.288. The van der Waals surface area contributed by atoms with Gasteiger partial charge in [0.15, 0.2) is 5.16 Å². The van der Waals surface area contributed by atoms with Crippen LogP contribution in [0.4, 0.5) is 11.4 Å². The largest absolute Gasteiger partial charge is 0.325 e. The van der Waals surface area contributed by atoms with E-state index in [2.05, 4.69) is 10.3 Å². The number of anilines is 1. The molecule has 0 radical (unpaired) electrons. The van der Waals surface area contributed by atoms with Gasteiger partial charge in [0.2, 0.25) is 5.91 Å². The van der Waals surface area contributed by atoms with E-state index in [4.69, 9.17) is 0 Å². The smallest absolute Gasteiger partial charge is 0.274 e. The fourth-order valence-corrected chi connectivity index (χ4v) is 5.58. The number of aromatic nitrogens is 2. The van der Waals surface area contributed by atoms with Crippen LogP contribution in [0.1, 0.15) is 22.4 Å². The molecule has 1 aliphatic carbocycles. The lowest BCUT2D eigenvalue weighted by molar-refractivity contribution is -0.385. The summed E-state index contributed by atoms with van der Waals surface area (Å²) in [5, 5.41) is 14.9. The third-order valence-electron chi connectivity index (χ3n) is 5.01. The van der Waals surface area contributed by atoms with Crippen molar-refractivity contribution in [3.63, 3.8) is 0 Å². The van der Waals surface area contributed by atoms with Crippen molar-refractivity contribution >= 4 is 50.6 Å². The van der Waals surface area contributed by atoms with E-state index < -0.39 is 4.92 Å². The van der Waals surface area contributed by atoms with E-state index in [9.17, 15) is 19.7 Å². The molecule has 0 aliphatic heterocycles. The molecule has 2 heterocycles. The number of carbonyl (C=O) groups is 1. The van der Waals surface area contributed by atoms with Crippen molar-refractivity contribution in [1.82, 2.24) is 9.55 Å². The highest BCUT2D eigenvalue weighted by Crippen LogP contribution is 2.35. The highest BCUT2D eigenvalue weighted by Gasteiger charge is 2.23. The molecule has 1 amide bonds. The van der Waals surface area contributed by atoms with Crippen molar-refractivity contribution in [3.8, 4) is 0 Å². The second-order valence-corrected chi connectivity index (χ2v) is 8.87. The van der Waals surface area contributed by atoms with E-state index in [-0.39, 0.29) is 22.9 Å². The van der Waals surface area contributed by atoms with Gasteiger partial charge in [0, 0.05) is 18.0 Å². The minimum Gasteiger partial charge on any atom is -0.325 e. The van der Waals surface area contributed by atoms with Crippen LogP contribution in [0.2, 0.25) is 0 Å². The number of hydrogen-bond donors (Lipinski definition) is 1. The number of hydrogen-bond acceptors (Lipinski definition) is 7. The first-order chi connectivity index (χ1) is 13.9. The second-order valence-electron chi connectivity index (χ2n) is 6.84. The summed E-state index contributed by atoms with van der Waals surface area (Å²) < 4.78 is 1.49. The number of aryl methyl sites for hydroxylation is 2. The normalized spacial score (nSPS) is 12.9. The van der Waals surface area contributed by atoms with Crippen LogP contribution in [0.15, 0.2) is 28.2 Å². The molecule has 0 saturated carbocycles. The molecule has 10 heteroatoms. The molecule has 0 bridgehead atoms. The minimum absolute atomic E-state index is 0.0407. The maximum atomic E-state index is 12.8. The first kappa shape index (κ1) is 19.6. The first-order valence-electron chi connectivity index (χ1n) is 9.04. The van der Waals surface area contributed by atoms with E-state index in [1.54, 1.807) is 31.4 Å². The number of nitro groups is 1. The zero-order valence-electron chi connectivity index (χ0n) is 15.9. The Morgan fingerprint density at radius 1 is 1.41 bits per heavy atom. The Hall–Kier alpha value is -2.72. The number of benzene rings is 1. The molecule has 0 atom stereocenters. The Balaban J connectivity index is 1.52. The SMILES string of the molecule is Cc1c(NC(=O)CSc2nc3sc4c(c3c(=O)n2C)CCC4)cccc1[N+](=O)[O-]. The van der Waals surface area contributed by atoms with Crippen LogP contribution in [0, 0.1) is 17.0 Å². The number of nitrogens with one attached hydrogen (secondary N) is 1. The molecule has 1 aromatic carbocycles. The Labute approximate surface area is 174 Å². The molecule has 150 valence electrons. The lowest BCUT2D eigenvalue weighted by Crippen LogP contribution is -2.21. The number of thiophene rings is 1. The predicted octanol–water partition coefficient (Wildman–Crippen LogP) is 3.43. The van der Waals surface area contributed by atoms with Crippen LogP contribution < -0.4 is 10.9 Å². The predicted molar refractivity (Wildman–Crippen MR) is 114 cm³/mol. The number of rotatable bonds is 5. The van der Waals surface area contributed by atoms with Crippen molar-refractivity contribution in [2.24, 2.45) is 7.05 Å². The number of nitro benzene ring substituents is 1. The van der Waals surface area contributed by atoms with Crippen molar-refractivity contribution in [2.75, 3.05) is 11.1 Å². The number of fused-ring (bicyclic) bond motifs is 3. The Morgan fingerprint density at radius 3 is 2.97 bits per heavy atom. The summed E-state index contributed by atoms with van der Waals surface area (Å²) in [5.41, 5.74) is 1.81. The lowest BCUT2D eigenvalue weighted by Gasteiger charge is -2.10. The van der Waals surface area contributed by atoms with Gasteiger partial charge < -0.3 is 5.32 Å². The van der Waals surface area contributed by atoms with E-state index in [0.29, 0.717) is 21.8 Å². The molecule has 3 aromatic rings. The van der Waals surface area contributed by atoms with Crippen molar-refractivity contribution in [2.45, 2.75) is 31.3 Å². The highest BCUT2D eigenvalue weighted by atomic mass is 32.2. The summed E-state index contributed by atoms with van der Waals surface area (Å²) in [6.45, 7) is 1.59. The van der Waals surface area contributed by atoms with Gasteiger partial charge in [-0.25, -0.2) is 4.98 Å². The van der Waals surface area contributed by atoms with Gasteiger partial charge in [-0.2, -0.15) is 0 Å². The Morgan fingerprint density at radius 2 is 2.21 bits per heavy atom. The van der Waals surface area contributed by atoms with Crippen LogP contribution in [-0.4, -0.2) is 26.1 Å². The zero-order valence-corrected chi connectivity index (χ0v) is 17.5. The first-order valence-corrected chi connectivity index (χ1v) is 10.8. The monoisotopic (exact) mass is 430 g/mol. The lowest BCUT2D eigenvalue weighted by atomic mass is 10.1. The van der Waals surface area contributed by atoms with Crippen LogP contribution in [-0.2, 0) is 24.7 Å². The highest BCUT2D eigenvalue weighted by molar-refractivity contribution is 7.99. The van der Waals surface area contributed by atoms with Gasteiger partial charge in [-0.1, -0.05) is 17.8 Å². The summed E-state index contributed by atoms with van der Waals surface area (Å²) >= 11 is 2.74. The van der Waals surface area contributed by atoms with Gasteiger partial charge in [0.25, 0.3) is 11.2 Å². The Bertz CT molecular complexity index is 1220. The van der Waals surface area contributed by atoms with Gasteiger partial charge in [-0.15, -0.1) is 11.3 Å². The average molecular weight is 431 g/mol. The van der Waals surface area contributed by atoms with Crippen LogP contribution in [0.5, 0.6) is 0 Å². The van der Waals surface area contributed by atoms with Crippen molar-refractivity contribution < 1.29 is 9.72 Å². The van der Waals surface area contributed by atoms with Gasteiger partial charge in [0.05, 0.1) is 27.3 Å². The fraction of sp³-hybridized carbons (Fsp3) is 0.316. The van der Waals surface area contributed by atoms with Crippen molar-refractivity contribution in [3.05, 3.63) is 54.7 Å². The molecule has 1 aliphatic rings. The zero-order chi connectivity index (χ0) is 20.7. The molecular weight excluding hydrogens is 412 g/mol. The molecule has 2 aromatic heterocycles. The standard InChI is InChI=1S/C19H18N4O4S2/c1-10-12(6-4-7-13(10)23(26)27)20-15(24)9-28-19-21-17-16(18(25)22(19)2)11-5-3-8-14(11)29-17/h4,6-7H,3,5,8-9H2,1-2H3,(H,20,24). The summed E-state index contributed by atoms with van der Waals surface area (Å²) in [6.07, 6.45) is 2.99. The number of carbonyl (C=O) groups excluding carboxylic acids is 1. The van der Waals surface area contributed by atoms with E-state index in [1.807, 2.05) is 0 Å². The molecular formula is C19H18N4O4S2. The Kier molecular flexibility index (Phi) is 5.13. The molecule has 29 heavy (non-hydrogen) atoms. The molecule has 0 unspecified atom stereocenters. The maximum Gasteiger partial charge on any atom is 0.274 e. The number of amides is 1. The average Bonchev–Trinajstić information content (AvgIpc) is 3.25. The summed E-state index contributed by atoms with van der Waals surface area (Å²) in [4.78, 5) is 42.3. The molecule has 4 rings (SSSR count). The maximum absolute atomic E-state index is 12.8. The topological polar surface area (TPSA) is 107 Å². The van der Waals surface area contributed by atoms with Gasteiger partial charge >= 0.3 is 0 Å². The molecule has 0 spiro atoms. The van der Waals surface area contributed by atoms with Gasteiger partial charge in [-0.05, 0) is 37.8 Å². The number of nitrogens with zero attached hydrogens (tertiary/aromatic N) is 3. The van der Waals surface area contributed by atoms with E-state index >= 15 is 0 Å². The molecule has 0 saturated heterocycles. The number of thioether (sulfide) groups is 1. The van der Waals surface area contributed by atoms with Crippen LogP contribution in [0.3, 0.4) is 0 Å². The van der Waals surface area contributed by atoms with E-state index in [1.165, 1.54) is 33.3 Å². The summed E-state index contributed by atoms with van der Waals surface area (Å²) in [5.74, 6) is -0.277. The van der Waals surface area contributed by atoms with Crippen LogP contribution in [0.25, 0.3) is 10.2 Å². The third kappa shape index (κ3) is 3.53. The van der Waals surface area contributed by atoms with Gasteiger partial charge in [0.1, 0.15) is 4.83 Å². The second kappa shape index (κ2) is 7.60. The van der Waals surface area contributed by atoms with Crippen molar-refractivity contribution in [1.29, 1.82) is 0 Å². The molecule has 8 nitrogen and oxygen atoms in total. The fourth-order valence-electron chi connectivity index (χ4n) is 3.51. The summed E-state index contributed by atoms with van der Waals surface area (Å²) in [7, 11) is 1.67. The minimum atomic E-state index is -0.479. The molecule has 1 N–H and O–H groups in total. The molecule has 0 fully saturated rings. The van der Waals surface area contributed by atoms with Crippen LogP contribution >= 0.6 is 23.1 Å². The van der Waals surface area contributed by atoms with E-state index in [0.717, 1.165) is 29.7 Å².